The van der Waals surface area contributed by atoms with Gasteiger partial charge in [0, 0.05) is 31.7 Å². The fourth-order valence-electron chi connectivity index (χ4n) is 4.41. The van der Waals surface area contributed by atoms with Crippen molar-refractivity contribution in [1.29, 1.82) is 0 Å². The first-order chi connectivity index (χ1) is 15.6. The number of benzene rings is 1. The van der Waals surface area contributed by atoms with Crippen LogP contribution in [0.5, 0.6) is 5.75 Å². The first kappa shape index (κ1) is 25.1. The lowest BCUT2D eigenvalue weighted by atomic mass is 10.0. The van der Waals surface area contributed by atoms with Crippen LogP contribution in [0.15, 0.2) is 18.2 Å². The van der Waals surface area contributed by atoms with Crippen LogP contribution in [0.3, 0.4) is 0 Å². The zero-order valence-electron chi connectivity index (χ0n) is 20.3. The van der Waals surface area contributed by atoms with Gasteiger partial charge in [-0.3, -0.25) is 10.1 Å². The number of anilines is 1. The minimum Gasteiger partial charge on any atom is -0.493 e. The highest BCUT2D eigenvalue weighted by molar-refractivity contribution is 5.68. The molecule has 1 aromatic rings. The second-order valence-electron chi connectivity index (χ2n) is 10.1. The quantitative estimate of drug-likeness (QED) is 0.341. The van der Waals surface area contributed by atoms with E-state index in [0.29, 0.717) is 50.0 Å². The van der Waals surface area contributed by atoms with E-state index in [-0.39, 0.29) is 22.7 Å². The average molecular weight is 463 g/mol. The zero-order valence-corrected chi connectivity index (χ0v) is 20.3. The molecule has 2 saturated heterocycles. The van der Waals surface area contributed by atoms with Crippen LogP contribution >= 0.6 is 0 Å². The van der Waals surface area contributed by atoms with E-state index in [9.17, 15) is 14.9 Å². The molecule has 2 heterocycles. The van der Waals surface area contributed by atoms with Gasteiger partial charge in [0.15, 0.2) is 0 Å². The van der Waals surface area contributed by atoms with Crippen LogP contribution in [0.4, 0.5) is 16.2 Å². The molecule has 9 nitrogen and oxygen atoms in total. The van der Waals surface area contributed by atoms with Crippen molar-refractivity contribution < 1.29 is 19.2 Å². The minimum absolute atomic E-state index is 0.00948. The Morgan fingerprint density at radius 3 is 2.55 bits per heavy atom. The number of likely N-dealkylation sites (tertiary alicyclic amines) is 2. The third-order valence-corrected chi connectivity index (χ3v) is 6.22. The summed E-state index contributed by atoms with van der Waals surface area (Å²) in [5, 5.41) is 15.0. The first-order valence-electron chi connectivity index (χ1n) is 12.0. The van der Waals surface area contributed by atoms with E-state index in [1.54, 1.807) is 17.0 Å². The van der Waals surface area contributed by atoms with E-state index in [2.05, 4.69) is 17.1 Å². The monoisotopic (exact) mass is 462 g/mol. The molecular weight excluding hydrogens is 424 g/mol. The molecular formula is C24H38N4O5. The molecule has 0 aliphatic carbocycles. The van der Waals surface area contributed by atoms with E-state index < -0.39 is 5.60 Å². The topological polar surface area (TPSA) is 97.2 Å². The van der Waals surface area contributed by atoms with Gasteiger partial charge in [-0.15, -0.1) is 0 Å². The number of nitrogens with one attached hydrogen (secondary N) is 1. The normalized spacial score (nSPS) is 20.0. The fourth-order valence-corrected chi connectivity index (χ4v) is 4.41. The van der Waals surface area contributed by atoms with Gasteiger partial charge in [0.2, 0.25) is 0 Å². The molecule has 1 N–H and O–H groups in total. The Balaban J connectivity index is 1.49. The van der Waals surface area contributed by atoms with Crippen molar-refractivity contribution >= 4 is 17.5 Å². The number of carbonyl (C=O) groups excluding carboxylic acids is 1. The van der Waals surface area contributed by atoms with E-state index in [1.807, 2.05) is 20.8 Å². The number of amides is 1. The molecule has 2 fully saturated rings. The van der Waals surface area contributed by atoms with Gasteiger partial charge in [-0.25, -0.2) is 4.79 Å². The number of nitro benzene ring substituents is 1. The standard InChI is InChI=1S/C24H38N4O5/c1-18-7-5-12-26(18)13-6-16-32-20-8-9-21(22(17-20)28(30)31)25-19-10-14-27(15-11-19)23(29)33-24(2,3)4/h8-9,17-19,25H,5-7,10-16H2,1-4H3/t18-/m1/s1. The van der Waals surface area contributed by atoms with Crippen molar-refractivity contribution in [3.8, 4) is 5.75 Å². The molecule has 1 amide bonds. The summed E-state index contributed by atoms with van der Waals surface area (Å²) in [7, 11) is 0. The zero-order chi connectivity index (χ0) is 24.0. The number of piperidine rings is 1. The van der Waals surface area contributed by atoms with Gasteiger partial charge in [0.1, 0.15) is 17.0 Å². The van der Waals surface area contributed by atoms with Gasteiger partial charge in [-0.2, -0.15) is 0 Å². The Labute approximate surface area is 196 Å². The molecule has 0 bridgehead atoms. The van der Waals surface area contributed by atoms with Crippen molar-refractivity contribution in [1.82, 2.24) is 9.80 Å². The van der Waals surface area contributed by atoms with E-state index in [0.717, 1.165) is 19.5 Å². The first-order valence-corrected chi connectivity index (χ1v) is 12.0. The summed E-state index contributed by atoms with van der Waals surface area (Å²) in [6, 6.07) is 5.68. The summed E-state index contributed by atoms with van der Waals surface area (Å²) in [5.74, 6) is 0.515. The smallest absolute Gasteiger partial charge is 0.410 e. The SMILES string of the molecule is C[C@@H]1CCCN1CCCOc1ccc(NC2CCN(C(=O)OC(C)(C)C)CC2)c([N+](=O)[O-])c1. The molecule has 0 aromatic heterocycles. The van der Waals surface area contributed by atoms with Crippen LogP contribution in [-0.2, 0) is 4.74 Å². The molecule has 0 radical (unpaired) electrons. The Hall–Kier alpha value is -2.55. The molecule has 3 rings (SSSR count). The molecule has 0 spiro atoms. The lowest BCUT2D eigenvalue weighted by molar-refractivity contribution is -0.384. The molecule has 0 unspecified atom stereocenters. The second-order valence-corrected chi connectivity index (χ2v) is 10.1. The van der Waals surface area contributed by atoms with E-state index in [1.165, 1.54) is 18.9 Å². The highest BCUT2D eigenvalue weighted by Crippen LogP contribution is 2.31. The molecule has 1 aromatic carbocycles. The van der Waals surface area contributed by atoms with Crippen LogP contribution in [0.25, 0.3) is 0 Å². The Bertz CT molecular complexity index is 818. The summed E-state index contributed by atoms with van der Waals surface area (Å²) in [4.78, 5) is 27.7. The van der Waals surface area contributed by atoms with Crippen LogP contribution in [0.1, 0.15) is 59.8 Å². The second kappa shape index (κ2) is 11.0. The Morgan fingerprint density at radius 2 is 1.94 bits per heavy atom. The largest absolute Gasteiger partial charge is 0.493 e. The van der Waals surface area contributed by atoms with Crippen LogP contribution in [0.2, 0.25) is 0 Å². The molecule has 2 aliphatic rings. The van der Waals surface area contributed by atoms with Gasteiger partial charge < -0.3 is 24.6 Å². The number of ether oxygens (including phenoxy) is 2. The third-order valence-electron chi connectivity index (χ3n) is 6.22. The maximum absolute atomic E-state index is 12.2. The Kier molecular flexibility index (Phi) is 8.40. The summed E-state index contributed by atoms with van der Waals surface area (Å²) in [6.45, 7) is 11.6. The minimum atomic E-state index is -0.525. The summed E-state index contributed by atoms with van der Waals surface area (Å²) >= 11 is 0. The van der Waals surface area contributed by atoms with Crippen molar-refractivity contribution in [2.24, 2.45) is 0 Å². The predicted octanol–water partition coefficient (Wildman–Crippen LogP) is 4.66. The van der Waals surface area contributed by atoms with Crippen molar-refractivity contribution in [3.05, 3.63) is 28.3 Å². The van der Waals surface area contributed by atoms with Crippen molar-refractivity contribution in [2.75, 3.05) is 38.1 Å². The molecule has 184 valence electrons. The maximum atomic E-state index is 12.2. The molecule has 0 saturated carbocycles. The number of nitrogens with zero attached hydrogens (tertiary/aromatic N) is 3. The molecule has 1 atom stereocenters. The number of carbonyl (C=O) groups is 1. The number of rotatable bonds is 8. The predicted molar refractivity (Wildman–Crippen MR) is 128 cm³/mol. The van der Waals surface area contributed by atoms with Crippen LogP contribution in [-0.4, -0.2) is 71.3 Å². The Morgan fingerprint density at radius 1 is 1.21 bits per heavy atom. The summed E-state index contributed by atoms with van der Waals surface area (Å²) in [6.07, 6.45) is 4.48. The van der Waals surface area contributed by atoms with Crippen LogP contribution in [0, 0.1) is 10.1 Å². The third kappa shape index (κ3) is 7.48. The fraction of sp³-hybridized carbons (Fsp3) is 0.708. The summed E-state index contributed by atoms with van der Waals surface area (Å²) < 4.78 is 11.2. The van der Waals surface area contributed by atoms with Gasteiger partial charge in [0.05, 0.1) is 17.6 Å². The number of hydrogen-bond acceptors (Lipinski definition) is 7. The van der Waals surface area contributed by atoms with Crippen molar-refractivity contribution in [2.45, 2.75) is 77.5 Å². The van der Waals surface area contributed by atoms with Gasteiger partial charge >= 0.3 is 6.09 Å². The lowest BCUT2D eigenvalue weighted by Crippen LogP contribution is -2.44. The van der Waals surface area contributed by atoms with Gasteiger partial charge in [-0.1, -0.05) is 0 Å². The maximum Gasteiger partial charge on any atom is 0.410 e. The molecule has 33 heavy (non-hydrogen) atoms. The highest BCUT2D eigenvalue weighted by atomic mass is 16.6. The average Bonchev–Trinajstić information content (AvgIpc) is 3.16. The van der Waals surface area contributed by atoms with Crippen molar-refractivity contribution in [3.63, 3.8) is 0 Å². The van der Waals surface area contributed by atoms with E-state index >= 15 is 0 Å². The van der Waals surface area contributed by atoms with Gasteiger partial charge in [-0.05, 0) is 78.5 Å². The number of nitro groups is 1. The number of hydrogen-bond donors (Lipinski definition) is 1. The highest BCUT2D eigenvalue weighted by Gasteiger charge is 2.28. The molecule has 9 heteroatoms. The summed E-state index contributed by atoms with van der Waals surface area (Å²) in [5.41, 5.74) is -0.0346. The molecule has 2 aliphatic heterocycles. The lowest BCUT2D eigenvalue weighted by Gasteiger charge is -2.34. The van der Waals surface area contributed by atoms with E-state index in [4.69, 9.17) is 9.47 Å². The van der Waals surface area contributed by atoms with Gasteiger partial charge in [0.25, 0.3) is 5.69 Å². The van der Waals surface area contributed by atoms with Crippen LogP contribution < -0.4 is 10.1 Å².